The molecule has 55 heavy (non-hydrogen) atoms. The number of rotatable bonds is 16. The van der Waals surface area contributed by atoms with Crippen molar-refractivity contribution in [2.75, 3.05) is 55.4 Å². The molecule has 16 heteroatoms. The Morgan fingerprint density at radius 2 is 1.45 bits per heavy atom. The number of nitrogens with zero attached hydrogens (tertiary/aromatic N) is 1. The quantitative estimate of drug-likeness (QED) is 0.0833. The lowest BCUT2D eigenvalue weighted by molar-refractivity contribution is -0.0417. The fraction of sp³-hybridized carbons (Fsp3) is 0.333. The molecule has 5 rings (SSSR count). The van der Waals surface area contributed by atoms with E-state index in [4.69, 9.17) is 37.9 Å². The van der Waals surface area contributed by atoms with Gasteiger partial charge in [0.15, 0.2) is 37.7 Å². The van der Waals surface area contributed by atoms with Crippen LogP contribution in [0, 0.1) is 11.7 Å². The predicted octanol–water partition coefficient (Wildman–Crippen LogP) is 5.49. The van der Waals surface area contributed by atoms with Crippen LogP contribution in [0.3, 0.4) is 0 Å². The first-order chi connectivity index (χ1) is 26.6. The van der Waals surface area contributed by atoms with Crippen molar-refractivity contribution >= 4 is 34.5 Å². The summed E-state index contributed by atoms with van der Waals surface area (Å²) < 4.78 is 59.4. The second kappa shape index (κ2) is 18.9. The largest absolute Gasteiger partial charge is 0.494 e. The number of benzene rings is 4. The van der Waals surface area contributed by atoms with E-state index in [0.29, 0.717) is 16.5 Å². The van der Waals surface area contributed by atoms with Gasteiger partial charge in [-0.25, -0.2) is 14.0 Å². The summed E-state index contributed by atoms with van der Waals surface area (Å²) >= 11 is 0. The minimum atomic E-state index is -1.78. The predicted molar refractivity (Wildman–Crippen MR) is 193 cm³/mol. The normalized spacial score (nSPS) is 16.8. The van der Waals surface area contributed by atoms with Gasteiger partial charge in [0.2, 0.25) is 6.23 Å². The molecule has 4 aromatic carbocycles. The Morgan fingerprint density at radius 3 is 2.11 bits per heavy atom. The first kappa shape index (κ1) is 40.2. The number of Topliss-reactive ketones (excluding diaryl/α,β-unsaturated/α-hetero) is 1. The van der Waals surface area contributed by atoms with Crippen LogP contribution < -0.4 is 24.3 Å². The Labute approximate surface area is 315 Å². The van der Waals surface area contributed by atoms with Crippen LogP contribution in [0.4, 0.5) is 9.18 Å². The molecule has 1 fully saturated rings. The summed E-state index contributed by atoms with van der Waals surface area (Å²) in [6, 6.07) is 17.0. The maximum atomic E-state index is 16.1. The summed E-state index contributed by atoms with van der Waals surface area (Å²) in [5.74, 6) is -5.08. The third kappa shape index (κ3) is 9.23. The van der Waals surface area contributed by atoms with Gasteiger partial charge in [-0.2, -0.15) is 0 Å². The number of esters is 1. The van der Waals surface area contributed by atoms with Gasteiger partial charge in [-0.3, -0.25) is 14.5 Å². The molecule has 0 bridgehead atoms. The number of halogens is 1. The fourth-order valence-electron chi connectivity index (χ4n) is 6.27. The van der Waals surface area contributed by atoms with E-state index in [-0.39, 0.29) is 68.1 Å². The summed E-state index contributed by atoms with van der Waals surface area (Å²) in [4.78, 5) is 56.4. The van der Waals surface area contributed by atoms with Gasteiger partial charge in [0.1, 0.15) is 17.2 Å². The molecule has 1 aliphatic heterocycles. The standard InChI is InChI=1S/C39H41FN2O13/c1-48-20-52-28-14-8-12-24-18-27(31(19-26(24)28)54-22-50-3)36(44)41-34-25(35(43)32-29(53-21-49-2)15-16-30(51-4)33(32)40)13-9-17-42(39(46)47)37(34)55-38(45)23-10-6-5-7-11-23/h5-8,10-12,14-16,18-19,25,34,37H,9,13,17,20-22H2,1-4H3,(H,41,44)(H,46,47). The zero-order valence-corrected chi connectivity index (χ0v) is 30.6. The Balaban J connectivity index is 1.66. The molecule has 4 aromatic rings. The number of hydrogen-bond donors (Lipinski definition) is 2. The van der Waals surface area contributed by atoms with Crippen LogP contribution in [-0.2, 0) is 18.9 Å². The summed E-state index contributed by atoms with van der Waals surface area (Å²) in [5.41, 5.74) is -0.498. The lowest BCUT2D eigenvalue weighted by Gasteiger charge is -2.35. The van der Waals surface area contributed by atoms with Crippen LogP contribution >= 0.6 is 0 Å². The number of carboxylic acid groups (broad SMARTS) is 1. The highest BCUT2D eigenvalue weighted by Crippen LogP contribution is 2.37. The molecule has 1 aliphatic rings. The first-order valence-corrected chi connectivity index (χ1v) is 17.0. The van der Waals surface area contributed by atoms with Crippen LogP contribution in [0.1, 0.15) is 43.9 Å². The summed E-state index contributed by atoms with van der Waals surface area (Å²) in [6.07, 6.45) is -3.27. The molecular weight excluding hydrogens is 723 g/mol. The first-order valence-electron chi connectivity index (χ1n) is 17.0. The lowest BCUT2D eigenvalue weighted by Crippen LogP contribution is -2.58. The smallest absolute Gasteiger partial charge is 0.410 e. The number of nitrogens with one attached hydrogen (secondary N) is 1. The molecule has 2 N–H and O–H groups in total. The number of amides is 2. The Morgan fingerprint density at radius 1 is 0.800 bits per heavy atom. The van der Waals surface area contributed by atoms with Gasteiger partial charge in [-0.15, -0.1) is 0 Å². The van der Waals surface area contributed by atoms with Gasteiger partial charge in [0, 0.05) is 39.2 Å². The van der Waals surface area contributed by atoms with E-state index in [9.17, 15) is 24.3 Å². The number of carbonyl (C=O) groups excluding carboxylic acids is 3. The Kier molecular flexibility index (Phi) is 13.8. The zero-order chi connectivity index (χ0) is 39.5. The molecule has 2 amide bonds. The third-order valence-corrected chi connectivity index (χ3v) is 8.80. The second-order valence-electron chi connectivity index (χ2n) is 12.2. The van der Waals surface area contributed by atoms with Crippen LogP contribution in [0.25, 0.3) is 10.8 Å². The number of ketones is 1. The number of methoxy groups -OCH3 is 4. The van der Waals surface area contributed by atoms with E-state index in [0.717, 1.165) is 4.90 Å². The Bertz CT molecular complexity index is 1990. The number of likely N-dealkylation sites (tertiary alicyclic amines) is 1. The van der Waals surface area contributed by atoms with Crippen molar-refractivity contribution in [2.45, 2.75) is 25.1 Å². The molecule has 0 aliphatic carbocycles. The summed E-state index contributed by atoms with van der Waals surface area (Å²) in [6.45, 7) is -0.859. The number of hydrogen-bond acceptors (Lipinski definition) is 12. The van der Waals surface area contributed by atoms with Crippen LogP contribution in [0.15, 0.2) is 72.8 Å². The van der Waals surface area contributed by atoms with Gasteiger partial charge < -0.3 is 48.3 Å². The molecule has 3 atom stereocenters. The van der Waals surface area contributed by atoms with E-state index in [1.165, 1.54) is 58.8 Å². The maximum Gasteiger partial charge on any atom is 0.410 e. The van der Waals surface area contributed by atoms with Crippen molar-refractivity contribution in [3.05, 3.63) is 95.3 Å². The monoisotopic (exact) mass is 764 g/mol. The Hall–Kier alpha value is -5.97. The zero-order valence-electron chi connectivity index (χ0n) is 30.6. The third-order valence-electron chi connectivity index (χ3n) is 8.80. The minimum absolute atomic E-state index is 0.0406. The number of carbonyl (C=O) groups is 4. The van der Waals surface area contributed by atoms with E-state index in [2.05, 4.69) is 5.32 Å². The average Bonchev–Trinajstić information content (AvgIpc) is 3.37. The van der Waals surface area contributed by atoms with E-state index >= 15 is 4.39 Å². The van der Waals surface area contributed by atoms with Gasteiger partial charge in [-0.1, -0.05) is 30.3 Å². The highest BCUT2D eigenvalue weighted by molar-refractivity contribution is 6.05. The molecule has 3 unspecified atom stereocenters. The molecular formula is C39H41FN2O13. The van der Waals surface area contributed by atoms with E-state index in [1.807, 2.05) is 0 Å². The van der Waals surface area contributed by atoms with Gasteiger partial charge in [-0.05, 0) is 60.7 Å². The van der Waals surface area contributed by atoms with Gasteiger partial charge in [0.05, 0.1) is 29.8 Å². The molecule has 1 heterocycles. The maximum absolute atomic E-state index is 16.1. The molecule has 1 saturated heterocycles. The summed E-state index contributed by atoms with van der Waals surface area (Å²) in [7, 11) is 5.43. The second-order valence-corrected chi connectivity index (χ2v) is 12.2. The topological polar surface area (TPSA) is 178 Å². The van der Waals surface area contributed by atoms with Crippen molar-refractivity contribution in [2.24, 2.45) is 5.92 Å². The van der Waals surface area contributed by atoms with Crippen molar-refractivity contribution < 1.29 is 66.6 Å². The van der Waals surface area contributed by atoms with Crippen LogP contribution in [0.2, 0.25) is 0 Å². The van der Waals surface area contributed by atoms with Crippen molar-refractivity contribution in [1.29, 1.82) is 0 Å². The molecule has 0 radical (unpaired) electrons. The molecule has 15 nitrogen and oxygen atoms in total. The van der Waals surface area contributed by atoms with Gasteiger partial charge in [0.25, 0.3) is 5.91 Å². The molecule has 0 spiro atoms. The van der Waals surface area contributed by atoms with Crippen LogP contribution in [0.5, 0.6) is 23.0 Å². The number of fused-ring (bicyclic) bond motifs is 1. The van der Waals surface area contributed by atoms with Gasteiger partial charge >= 0.3 is 12.1 Å². The van der Waals surface area contributed by atoms with Crippen molar-refractivity contribution in [1.82, 2.24) is 10.2 Å². The minimum Gasteiger partial charge on any atom is -0.494 e. The molecule has 292 valence electrons. The fourth-order valence-corrected chi connectivity index (χ4v) is 6.27. The van der Waals surface area contributed by atoms with Crippen molar-refractivity contribution in [3.63, 3.8) is 0 Å². The summed E-state index contributed by atoms with van der Waals surface area (Å²) in [5, 5.41) is 14.3. The van der Waals surface area contributed by atoms with E-state index in [1.54, 1.807) is 42.5 Å². The van der Waals surface area contributed by atoms with Crippen molar-refractivity contribution in [3.8, 4) is 23.0 Å². The lowest BCUT2D eigenvalue weighted by atomic mass is 9.85. The SMILES string of the molecule is COCOc1cc2c(OCOC)cccc2cc1C(=O)NC1C(C(=O)c2c(OCOC)ccc(OC)c2F)CCCN(C(=O)O)C1OC(=O)c1ccccc1. The highest BCUT2D eigenvalue weighted by atomic mass is 19.1. The van der Waals surface area contributed by atoms with Crippen LogP contribution in [-0.4, -0.2) is 101 Å². The molecule has 0 aromatic heterocycles. The average molecular weight is 765 g/mol. The number of ether oxygens (including phenoxy) is 8. The highest BCUT2D eigenvalue weighted by Gasteiger charge is 2.46. The molecule has 0 saturated carbocycles. The van der Waals surface area contributed by atoms with E-state index < -0.39 is 53.3 Å².